The van der Waals surface area contributed by atoms with Crippen LogP contribution < -0.4 is 5.32 Å². The number of nitrogens with zero attached hydrogens (tertiary/aromatic N) is 2. The highest BCUT2D eigenvalue weighted by Crippen LogP contribution is 2.25. The first kappa shape index (κ1) is 15.2. The lowest BCUT2D eigenvalue weighted by Gasteiger charge is -2.28. The predicted molar refractivity (Wildman–Crippen MR) is 76.4 cm³/mol. The predicted octanol–water partition coefficient (Wildman–Crippen LogP) is -0.247. The molecule has 0 spiro atoms. The average Bonchev–Trinajstić information content (AvgIpc) is 3.24. The van der Waals surface area contributed by atoms with Crippen LogP contribution in [0.25, 0.3) is 0 Å². The van der Waals surface area contributed by atoms with E-state index in [-0.39, 0.29) is 6.10 Å². The monoisotopic (exact) mass is 271 g/mol. The van der Waals surface area contributed by atoms with Crippen molar-refractivity contribution in [2.75, 3.05) is 59.0 Å². The fourth-order valence-corrected chi connectivity index (χ4v) is 2.68. The molecule has 1 heterocycles. The molecule has 1 unspecified atom stereocenters. The van der Waals surface area contributed by atoms with E-state index in [1.807, 2.05) is 0 Å². The molecule has 1 saturated carbocycles. The molecule has 5 heteroatoms. The van der Waals surface area contributed by atoms with Crippen LogP contribution in [0.4, 0.5) is 0 Å². The third-order valence-corrected chi connectivity index (χ3v) is 4.00. The van der Waals surface area contributed by atoms with E-state index in [0.717, 1.165) is 58.5 Å². The third-order valence-electron chi connectivity index (χ3n) is 4.00. The maximum absolute atomic E-state index is 9.99. The zero-order chi connectivity index (χ0) is 13.5. The van der Waals surface area contributed by atoms with E-state index in [1.165, 1.54) is 12.8 Å². The summed E-state index contributed by atoms with van der Waals surface area (Å²) in [7, 11) is 0. The summed E-state index contributed by atoms with van der Waals surface area (Å²) in [4.78, 5) is 4.81. The Morgan fingerprint density at radius 2 is 2.11 bits per heavy atom. The molecule has 0 bridgehead atoms. The van der Waals surface area contributed by atoms with Crippen LogP contribution >= 0.6 is 0 Å². The highest BCUT2D eigenvalue weighted by atomic mass is 16.5. The molecular formula is C14H29N3O2. The molecule has 0 aromatic heterocycles. The van der Waals surface area contributed by atoms with E-state index < -0.39 is 0 Å². The molecule has 2 rings (SSSR count). The lowest BCUT2D eigenvalue weighted by Crippen LogP contribution is -2.44. The summed E-state index contributed by atoms with van der Waals surface area (Å²) in [5.41, 5.74) is 0. The van der Waals surface area contributed by atoms with E-state index in [1.54, 1.807) is 0 Å². The van der Waals surface area contributed by atoms with Gasteiger partial charge in [-0.15, -0.1) is 0 Å². The van der Waals surface area contributed by atoms with Crippen LogP contribution in [0.2, 0.25) is 0 Å². The van der Waals surface area contributed by atoms with Crippen molar-refractivity contribution in [1.82, 2.24) is 15.1 Å². The summed E-state index contributed by atoms with van der Waals surface area (Å²) in [5, 5.41) is 13.4. The second kappa shape index (κ2) is 8.17. The van der Waals surface area contributed by atoms with Crippen molar-refractivity contribution in [3.63, 3.8) is 0 Å². The molecule has 1 aliphatic carbocycles. The fourth-order valence-electron chi connectivity index (χ4n) is 2.68. The zero-order valence-electron chi connectivity index (χ0n) is 12.2. The first-order chi connectivity index (χ1) is 9.29. The van der Waals surface area contributed by atoms with Crippen molar-refractivity contribution in [1.29, 1.82) is 0 Å². The highest BCUT2D eigenvalue weighted by molar-refractivity contribution is 4.84. The summed E-state index contributed by atoms with van der Waals surface area (Å²) >= 11 is 0. The van der Waals surface area contributed by atoms with Crippen LogP contribution in [0.5, 0.6) is 0 Å². The lowest BCUT2D eigenvalue weighted by molar-refractivity contribution is 0.0149. The van der Waals surface area contributed by atoms with Gasteiger partial charge in [-0.25, -0.2) is 0 Å². The Balaban J connectivity index is 1.49. The number of hydrogen-bond donors (Lipinski definition) is 2. The van der Waals surface area contributed by atoms with Crippen LogP contribution in [-0.4, -0.2) is 86.1 Å². The number of nitrogens with one attached hydrogen (secondary N) is 1. The Labute approximate surface area is 116 Å². The number of likely N-dealkylation sites (N-methyl/N-ethyl adjacent to an activating group) is 1. The number of ether oxygens (including phenoxy) is 1. The van der Waals surface area contributed by atoms with Crippen molar-refractivity contribution in [2.45, 2.75) is 31.9 Å². The van der Waals surface area contributed by atoms with Gasteiger partial charge in [-0.3, -0.25) is 9.80 Å². The second-order valence-electron chi connectivity index (χ2n) is 5.63. The fraction of sp³-hybridized carbons (Fsp3) is 1.00. The number of hydrogen-bond acceptors (Lipinski definition) is 5. The van der Waals surface area contributed by atoms with Crippen LogP contribution in [0.15, 0.2) is 0 Å². The Kier molecular flexibility index (Phi) is 6.53. The van der Waals surface area contributed by atoms with Crippen molar-refractivity contribution >= 4 is 0 Å². The van der Waals surface area contributed by atoms with Gasteiger partial charge in [0.05, 0.1) is 19.3 Å². The Morgan fingerprint density at radius 1 is 1.37 bits per heavy atom. The van der Waals surface area contributed by atoms with Gasteiger partial charge in [-0.05, 0) is 19.4 Å². The van der Waals surface area contributed by atoms with Crippen LogP contribution in [0, 0.1) is 0 Å². The highest BCUT2D eigenvalue weighted by Gasteiger charge is 2.27. The molecule has 0 amide bonds. The van der Waals surface area contributed by atoms with Crippen molar-refractivity contribution in [3.05, 3.63) is 0 Å². The van der Waals surface area contributed by atoms with Crippen LogP contribution in [0.1, 0.15) is 19.8 Å². The van der Waals surface area contributed by atoms with Crippen LogP contribution in [0.3, 0.4) is 0 Å². The average molecular weight is 271 g/mol. The number of β-amino-alcohol motifs (C(OH)–C–C–N with tert-alkyl or cyclic N) is 1. The van der Waals surface area contributed by atoms with Gasteiger partial charge >= 0.3 is 0 Å². The standard InChI is InChI=1S/C14H29N3O2/c1-2-17(13-3-4-13)6-5-15-11-14(18)12-16-7-9-19-10-8-16/h13-15,18H,2-12H2,1H3. The largest absolute Gasteiger partial charge is 0.390 e. The van der Waals surface area contributed by atoms with Crippen molar-refractivity contribution < 1.29 is 9.84 Å². The van der Waals surface area contributed by atoms with E-state index in [0.29, 0.717) is 6.54 Å². The third kappa shape index (κ3) is 5.75. The van der Waals surface area contributed by atoms with Gasteiger partial charge in [0.15, 0.2) is 0 Å². The second-order valence-corrected chi connectivity index (χ2v) is 5.63. The number of aliphatic hydroxyl groups excluding tert-OH is 1. The van der Waals surface area contributed by atoms with Gasteiger partial charge in [-0.2, -0.15) is 0 Å². The molecule has 1 saturated heterocycles. The van der Waals surface area contributed by atoms with E-state index in [9.17, 15) is 5.11 Å². The molecule has 0 aromatic rings. The minimum Gasteiger partial charge on any atom is -0.390 e. The molecule has 1 aliphatic heterocycles. The summed E-state index contributed by atoms with van der Waals surface area (Å²) in [6.07, 6.45) is 2.47. The lowest BCUT2D eigenvalue weighted by atomic mass is 10.3. The molecule has 112 valence electrons. The van der Waals surface area contributed by atoms with Gasteiger partial charge in [0.1, 0.15) is 0 Å². The summed E-state index contributed by atoms with van der Waals surface area (Å²) in [6, 6.07) is 0.838. The maximum atomic E-state index is 9.99. The summed E-state index contributed by atoms with van der Waals surface area (Å²) in [6.45, 7) is 10.4. The van der Waals surface area contributed by atoms with Gasteiger partial charge in [0.2, 0.25) is 0 Å². The van der Waals surface area contributed by atoms with Gasteiger partial charge < -0.3 is 15.2 Å². The molecule has 5 nitrogen and oxygen atoms in total. The van der Waals surface area contributed by atoms with Gasteiger partial charge in [-0.1, -0.05) is 6.92 Å². The van der Waals surface area contributed by atoms with E-state index in [4.69, 9.17) is 4.74 Å². The Bertz CT molecular complexity index is 243. The summed E-state index contributed by atoms with van der Waals surface area (Å²) < 4.78 is 5.30. The Morgan fingerprint density at radius 3 is 2.74 bits per heavy atom. The minimum atomic E-state index is -0.269. The van der Waals surface area contributed by atoms with E-state index >= 15 is 0 Å². The topological polar surface area (TPSA) is 48.0 Å². The van der Waals surface area contributed by atoms with E-state index in [2.05, 4.69) is 22.0 Å². The molecular weight excluding hydrogens is 242 g/mol. The molecule has 2 aliphatic rings. The van der Waals surface area contributed by atoms with Crippen molar-refractivity contribution in [3.8, 4) is 0 Å². The molecule has 0 radical (unpaired) electrons. The number of aliphatic hydroxyl groups is 1. The first-order valence-corrected chi connectivity index (χ1v) is 7.72. The normalized spacial score (nSPS) is 22.9. The molecule has 2 fully saturated rings. The zero-order valence-corrected chi connectivity index (χ0v) is 12.2. The van der Waals surface area contributed by atoms with Gasteiger partial charge in [0.25, 0.3) is 0 Å². The molecule has 0 aromatic carbocycles. The van der Waals surface area contributed by atoms with Gasteiger partial charge in [0, 0.05) is 45.3 Å². The van der Waals surface area contributed by atoms with Crippen molar-refractivity contribution in [2.24, 2.45) is 0 Å². The molecule has 1 atom stereocenters. The first-order valence-electron chi connectivity index (χ1n) is 7.72. The minimum absolute atomic E-state index is 0.269. The number of morpholine rings is 1. The Hall–Kier alpha value is -0.200. The number of rotatable bonds is 9. The molecule has 2 N–H and O–H groups in total. The molecule has 19 heavy (non-hydrogen) atoms. The smallest absolute Gasteiger partial charge is 0.0791 e. The van der Waals surface area contributed by atoms with Crippen LogP contribution in [-0.2, 0) is 4.74 Å². The quantitative estimate of drug-likeness (QED) is 0.567. The maximum Gasteiger partial charge on any atom is 0.0791 e. The summed E-state index contributed by atoms with van der Waals surface area (Å²) in [5.74, 6) is 0. The SMILES string of the molecule is CCN(CCNCC(O)CN1CCOCC1)C1CC1.